The lowest BCUT2D eigenvalue weighted by Gasteiger charge is -1.99. The molecule has 0 unspecified atom stereocenters. The van der Waals surface area contributed by atoms with Crippen LogP contribution in [0.5, 0.6) is 0 Å². The van der Waals surface area contributed by atoms with Gasteiger partial charge in [-0.1, -0.05) is 26.0 Å². The summed E-state index contributed by atoms with van der Waals surface area (Å²) >= 11 is 1.63. The molecule has 2 aromatic rings. The lowest BCUT2D eigenvalue weighted by molar-refractivity contribution is 0.595. The number of benzene rings is 1. The SMILES string of the molecule is CC(C)c1csc(CCN=C2NS(=O)(=O)c3ccccc32)n1. The van der Waals surface area contributed by atoms with E-state index in [0.29, 0.717) is 35.2 Å². The third-order valence-corrected chi connectivity index (χ3v) is 5.74. The molecule has 1 N–H and O–H groups in total. The molecule has 2 heterocycles. The van der Waals surface area contributed by atoms with Gasteiger partial charge in [0.2, 0.25) is 0 Å². The molecule has 0 spiro atoms. The van der Waals surface area contributed by atoms with Gasteiger partial charge in [0, 0.05) is 23.9 Å². The topological polar surface area (TPSA) is 71.4 Å². The van der Waals surface area contributed by atoms with Crippen molar-refractivity contribution in [3.05, 3.63) is 45.9 Å². The molecule has 0 saturated carbocycles. The number of hydrogen-bond donors (Lipinski definition) is 1. The first-order valence-corrected chi connectivity index (χ1v) is 9.44. The summed E-state index contributed by atoms with van der Waals surface area (Å²) < 4.78 is 26.5. The molecule has 22 heavy (non-hydrogen) atoms. The number of nitrogens with one attached hydrogen (secondary N) is 1. The molecule has 1 aliphatic heterocycles. The van der Waals surface area contributed by atoms with E-state index in [1.165, 1.54) is 0 Å². The van der Waals surface area contributed by atoms with Gasteiger partial charge in [0.25, 0.3) is 10.0 Å². The van der Waals surface area contributed by atoms with Crippen LogP contribution < -0.4 is 4.72 Å². The molecule has 0 aliphatic carbocycles. The Morgan fingerprint density at radius 1 is 1.32 bits per heavy atom. The van der Waals surface area contributed by atoms with Gasteiger partial charge in [-0.05, 0) is 18.1 Å². The van der Waals surface area contributed by atoms with Crippen molar-refractivity contribution >= 4 is 27.2 Å². The molecule has 5 nitrogen and oxygen atoms in total. The van der Waals surface area contributed by atoms with Crippen LogP contribution in [-0.4, -0.2) is 25.8 Å². The van der Waals surface area contributed by atoms with E-state index >= 15 is 0 Å². The van der Waals surface area contributed by atoms with Crippen molar-refractivity contribution in [2.24, 2.45) is 4.99 Å². The van der Waals surface area contributed by atoms with Crippen molar-refractivity contribution in [1.82, 2.24) is 9.71 Å². The largest absolute Gasteiger partial charge is 0.267 e. The van der Waals surface area contributed by atoms with E-state index in [9.17, 15) is 8.42 Å². The molecule has 1 aromatic heterocycles. The minimum Gasteiger partial charge on any atom is -0.267 e. The maximum absolute atomic E-state index is 12.0. The number of thiazole rings is 1. The van der Waals surface area contributed by atoms with E-state index in [1.807, 2.05) is 6.07 Å². The van der Waals surface area contributed by atoms with Crippen LogP contribution in [0.3, 0.4) is 0 Å². The van der Waals surface area contributed by atoms with E-state index in [1.54, 1.807) is 29.5 Å². The highest BCUT2D eigenvalue weighted by atomic mass is 32.2. The summed E-state index contributed by atoms with van der Waals surface area (Å²) in [6.45, 7) is 4.74. The van der Waals surface area contributed by atoms with Gasteiger partial charge in [-0.2, -0.15) is 0 Å². The zero-order chi connectivity index (χ0) is 15.7. The van der Waals surface area contributed by atoms with Crippen LogP contribution in [0, 0.1) is 0 Å². The summed E-state index contributed by atoms with van der Waals surface area (Å²) in [5.74, 6) is 0.848. The van der Waals surface area contributed by atoms with Gasteiger partial charge < -0.3 is 0 Å². The molecule has 116 valence electrons. The molecule has 0 amide bonds. The molecule has 7 heteroatoms. The number of aromatic nitrogens is 1. The Kier molecular flexibility index (Phi) is 4.01. The van der Waals surface area contributed by atoms with Crippen LogP contribution >= 0.6 is 11.3 Å². The van der Waals surface area contributed by atoms with Crippen LogP contribution in [0.25, 0.3) is 0 Å². The molecule has 0 bridgehead atoms. The van der Waals surface area contributed by atoms with Gasteiger partial charge in [0.15, 0.2) is 0 Å². The van der Waals surface area contributed by atoms with E-state index < -0.39 is 10.0 Å². The first kappa shape index (κ1) is 15.2. The summed E-state index contributed by atoms with van der Waals surface area (Å²) in [5, 5.41) is 3.10. The molecule has 1 aliphatic rings. The van der Waals surface area contributed by atoms with E-state index in [2.05, 4.69) is 33.9 Å². The van der Waals surface area contributed by atoms with Crippen LogP contribution in [0.2, 0.25) is 0 Å². The predicted molar refractivity (Wildman–Crippen MR) is 88.1 cm³/mol. The molecular weight excluding hydrogens is 318 g/mol. The average molecular weight is 335 g/mol. The first-order chi connectivity index (χ1) is 10.5. The second-order valence-corrected chi connectivity index (χ2v) is 8.00. The summed E-state index contributed by atoms with van der Waals surface area (Å²) in [6.07, 6.45) is 0.713. The fourth-order valence-electron chi connectivity index (χ4n) is 2.22. The van der Waals surface area contributed by atoms with Crippen LogP contribution in [-0.2, 0) is 16.4 Å². The summed E-state index contributed by atoms with van der Waals surface area (Å²) in [4.78, 5) is 9.26. The smallest absolute Gasteiger partial charge is 0.263 e. The second kappa shape index (κ2) is 5.81. The van der Waals surface area contributed by atoms with Crippen LogP contribution in [0.1, 0.15) is 36.0 Å². The van der Waals surface area contributed by atoms with Crippen molar-refractivity contribution in [3.63, 3.8) is 0 Å². The molecule has 0 radical (unpaired) electrons. The second-order valence-electron chi connectivity index (χ2n) is 5.40. The van der Waals surface area contributed by atoms with Crippen molar-refractivity contribution in [3.8, 4) is 0 Å². The molecule has 3 rings (SSSR count). The van der Waals surface area contributed by atoms with Gasteiger partial charge >= 0.3 is 0 Å². The minimum absolute atomic E-state index is 0.296. The summed E-state index contributed by atoms with van der Waals surface area (Å²) in [6, 6.07) is 6.89. The third-order valence-electron chi connectivity index (χ3n) is 3.42. The Hall–Kier alpha value is -1.73. The van der Waals surface area contributed by atoms with Crippen molar-refractivity contribution in [1.29, 1.82) is 0 Å². The number of amidine groups is 1. The van der Waals surface area contributed by atoms with Crippen molar-refractivity contribution in [2.75, 3.05) is 6.54 Å². The summed E-state index contributed by atoms with van der Waals surface area (Å²) in [7, 11) is -3.45. The third kappa shape index (κ3) is 2.91. The normalized spacial score (nSPS) is 17.7. The Morgan fingerprint density at radius 3 is 2.82 bits per heavy atom. The van der Waals surface area contributed by atoms with Crippen molar-refractivity contribution in [2.45, 2.75) is 31.1 Å². The number of hydrogen-bond acceptors (Lipinski definition) is 5. The zero-order valence-corrected chi connectivity index (χ0v) is 14.0. The molecule has 0 saturated heterocycles. The number of rotatable bonds is 4. The van der Waals surface area contributed by atoms with Gasteiger partial charge in [-0.15, -0.1) is 11.3 Å². The van der Waals surface area contributed by atoms with E-state index in [-0.39, 0.29) is 0 Å². The molecule has 1 aromatic carbocycles. The van der Waals surface area contributed by atoms with Crippen molar-refractivity contribution < 1.29 is 8.42 Å². The monoisotopic (exact) mass is 335 g/mol. The molecule has 0 fully saturated rings. The van der Waals surface area contributed by atoms with Gasteiger partial charge in [0.1, 0.15) is 5.84 Å². The number of sulfonamides is 1. The fourth-order valence-corrected chi connectivity index (χ4v) is 4.42. The maximum atomic E-state index is 12.0. The average Bonchev–Trinajstić information content (AvgIpc) is 3.04. The Morgan fingerprint density at radius 2 is 2.09 bits per heavy atom. The molecule has 0 atom stereocenters. The van der Waals surface area contributed by atoms with Gasteiger partial charge in [-0.3, -0.25) is 9.71 Å². The van der Waals surface area contributed by atoms with Crippen LogP contribution in [0.4, 0.5) is 0 Å². The van der Waals surface area contributed by atoms with E-state index in [0.717, 1.165) is 10.7 Å². The quantitative estimate of drug-likeness (QED) is 0.933. The van der Waals surface area contributed by atoms with Gasteiger partial charge in [0.05, 0.1) is 15.6 Å². The molecular formula is C15H17N3O2S2. The first-order valence-electron chi connectivity index (χ1n) is 7.08. The number of nitrogens with zero attached hydrogens (tertiary/aromatic N) is 2. The maximum Gasteiger partial charge on any atom is 0.263 e. The van der Waals surface area contributed by atoms with Crippen LogP contribution in [0.15, 0.2) is 39.5 Å². The Labute approximate surface area is 134 Å². The summed E-state index contributed by atoms with van der Waals surface area (Å²) in [5.41, 5.74) is 1.74. The minimum atomic E-state index is -3.45. The lowest BCUT2D eigenvalue weighted by atomic mass is 10.2. The van der Waals surface area contributed by atoms with E-state index in [4.69, 9.17) is 0 Å². The fraction of sp³-hybridized carbons (Fsp3) is 0.333. The predicted octanol–water partition coefficient (Wildman–Crippen LogP) is 2.55. The number of aliphatic imine (C=N–C) groups is 1. The lowest BCUT2D eigenvalue weighted by Crippen LogP contribution is -2.22. The van der Waals surface area contributed by atoms with Gasteiger partial charge in [-0.25, -0.2) is 13.4 Å². The highest BCUT2D eigenvalue weighted by Crippen LogP contribution is 2.22. The highest BCUT2D eigenvalue weighted by Gasteiger charge is 2.29. The standard InChI is InChI=1S/C15H17N3O2S2/c1-10(2)12-9-21-14(17-12)7-8-16-15-11-5-3-4-6-13(11)22(19,20)18-15/h3-6,9-10H,7-8H2,1-2H3,(H,16,18). The highest BCUT2D eigenvalue weighted by molar-refractivity contribution is 7.90. The zero-order valence-electron chi connectivity index (χ0n) is 12.4. The Balaban J connectivity index is 1.74. The Bertz CT molecular complexity index is 823. The number of fused-ring (bicyclic) bond motifs is 1.